The third kappa shape index (κ3) is 4.75. The van der Waals surface area contributed by atoms with Crippen LogP contribution in [0.15, 0.2) is 6.07 Å². The molecule has 0 amide bonds. The number of hydrogen-bond acceptors (Lipinski definition) is 5. The fraction of sp³-hybridized carbons (Fsp3) is 0.636. The average molecular weight is 259 g/mol. The molecule has 96 valence electrons. The van der Waals surface area contributed by atoms with Gasteiger partial charge in [-0.15, -0.1) is 0 Å². The van der Waals surface area contributed by atoms with Gasteiger partial charge in [0.2, 0.25) is 5.95 Å². The van der Waals surface area contributed by atoms with Crippen molar-refractivity contribution >= 4 is 23.4 Å². The number of nitrogens with one attached hydrogen (secondary N) is 1. The lowest BCUT2D eigenvalue weighted by Crippen LogP contribution is -2.31. The van der Waals surface area contributed by atoms with Crippen LogP contribution in [-0.2, 0) is 4.74 Å². The quantitative estimate of drug-likeness (QED) is 0.765. The Morgan fingerprint density at radius 1 is 1.47 bits per heavy atom. The molecule has 1 atom stereocenters. The standard InChI is InChI=1S/C11H19ClN4O/c1-4-17-6-8(7(2)3)14-10-5-9(12)15-11(13)16-10/h5,7-8H,4,6H2,1-3H3,(H3,13,14,15,16). The number of hydrogen-bond donors (Lipinski definition) is 2. The van der Waals surface area contributed by atoms with E-state index in [1.807, 2.05) is 6.92 Å². The number of ether oxygens (including phenoxy) is 1. The van der Waals surface area contributed by atoms with E-state index in [9.17, 15) is 0 Å². The first-order valence-electron chi connectivity index (χ1n) is 5.67. The van der Waals surface area contributed by atoms with Crippen molar-refractivity contribution in [3.05, 3.63) is 11.2 Å². The highest BCUT2D eigenvalue weighted by Gasteiger charge is 2.14. The van der Waals surface area contributed by atoms with Crippen LogP contribution in [0.3, 0.4) is 0 Å². The van der Waals surface area contributed by atoms with Gasteiger partial charge in [0.25, 0.3) is 0 Å². The monoisotopic (exact) mass is 258 g/mol. The Kier molecular flexibility index (Phi) is 5.44. The van der Waals surface area contributed by atoms with Gasteiger partial charge in [-0.25, -0.2) is 4.98 Å². The second-order valence-electron chi connectivity index (χ2n) is 4.09. The van der Waals surface area contributed by atoms with E-state index in [-0.39, 0.29) is 12.0 Å². The summed E-state index contributed by atoms with van der Waals surface area (Å²) in [4.78, 5) is 7.89. The Labute approximate surface area is 107 Å². The van der Waals surface area contributed by atoms with Gasteiger partial charge < -0.3 is 15.8 Å². The number of anilines is 2. The van der Waals surface area contributed by atoms with Crippen molar-refractivity contribution < 1.29 is 4.74 Å². The number of rotatable bonds is 6. The van der Waals surface area contributed by atoms with Gasteiger partial charge in [0, 0.05) is 12.7 Å². The average Bonchev–Trinajstić information content (AvgIpc) is 2.22. The van der Waals surface area contributed by atoms with Crippen LogP contribution < -0.4 is 11.1 Å². The maximum atomic E-state index is 5.82. The molecule has 0 saturated carbocycles. The molecule has 17 heavy (non-hydrogen) atoms. The van der Waals surface area contributed by atoms with Gasteiger partial charge in [-0.2, -0.15) is 4.98 Å². The van der Waals surface area contributed by atoms with Crippen molar-refractivity contribution in [1.29, 1.82) is 0 Å². The number of nitrogens with two attached hydrogens (primary N) is 1. The van der Waals surface area contributed by atoms with Crippen molar-refractivity contribution in [2.24, 2.45) is 5.92 Å². The summed E-state index contributed by atoms with van der Waals surface area (Å²) in [6, 6.07) is 1.82. The highest BCUT2D eigenvalue weighted by molar-refractivity contribution is 6.29. The van der Waals surface area contributed by atoms with Gasteiger partial charge in [-0.05, 0) is 12.8 Å². The molecule has 0 radical (unpaired) electrons. The summed E-state index contributed by atoms with van der Waals surface area (Å²) in [6.45, 7) is 7.51. The van der Waals surface area contributed by atoms with Crippen molar-refractivity contribution in [3.63, 3.8) is 0 Å². The van der Waals surface area contributed by atoms with Crippen molar-refractivity contribution in [3.8, 4) is 0 Å². The van der Waals surface area contributed by atoms with Crippen LogP contribution in [0.4, 0.5) is 11.8 Å². The lowest BCUT2D eigenvalue weighted by molar-refractivity contribution is 0.126. The molecule has 0 aliphatic carbocycles. The minimum Gasteiger partial charge on any atom is -0.380 e. The second-order valence-corrected chi connectivity index (χ2v) is 4.48. The molecule has 0 aromatic carbocycles. The van der Waals surface area contributed by atoms with Crippen LogP contribution >= 0.6 is 11.6 Å². The van der Waals surface area contributed by atoms with E-state index >= 15 is 0 Å². The summed E-state index contributed by atoms with van der Waals surface area (Å²) in [5.74, 6) is 1.20. The lowest BCUT2D eigenvalue weighted by atomic mass is 10.1. The molecule has 0 saturated heterocycles. The van der Waals surface area contributed by atoms with Crippen LogP contribution in [0.5, 0.6) is 0 Å². The highest BCUT2D eigenvalue weighted by atomic mass is 35.5. The fourth-order valence-corrected chi connectivity index (χ4v) is 1.53. The van der Waals surface area contributed by atoms with Crippen LogP contribution in [0.25, 0.3) is 0 Å². The lowest BCUT2D eigenvalue weighted by Gasteiger charge is -2.22. The Morgan fingerprint density at radius 3 is 2.71 bits per heavy atom. The Hall–Kier alpha value is -1.07. The van der Waals surface area contributed by atoms with Gasteiger partial charge in [-0.1, -0.05) is 25.4 Å². The predicted octanol–water partition coefficient (Wildman–Crippen LogP) is 2.19. The first-order chi connectivity index (χ1) is 8.02. The number of nitrogens with zero attached hydrogens (tertiary/aromatic N) is 2. The molecule has 0 bridgehead atoms. The maximum Gasteiger partial charge on any atom is 0.223 e. The van der Waals surface area contributed by atoms with E-state index in [0.29, 0.717) is 30.1 Å². The number of halogens is 1. The molecule has 1 heterocycles. The van der Waals surface area contributed by atoms with E-state index < -0.39 is 0 Å². The molecule has 0 aliphatic heterocycles. The van der Waals surface area contributed by atoms with Crippen LogP contribution in [0.2, 0.25) is 5.15 Å². The van der Waals surface area contributed by atoms with E-state index in [0.717, 1.165) is 0 Å². The molecule has 3 N–H and O–H groups in total. The number of aromatic nitrogens is 2. The van der Waals surface area contributed by atoms with Crippen molar-refractivity contribution in [1.82, 2.24) is 9.97 Å². The zero-order valence-corrected chi connectivity index (χ0v) is 11.2. The van der Waals surface area contributed by atoms with E-state index in [2.05, 4.69) is 29.1 Å². The topological polar surface area (TPSA) is 73.1 Å². The highest BCUT2D eigenvalue weighted by Crippen LogP contribution is 2.15. The molecule has 1 unspecified atom stereocenters. The summed E-state index contributed by atoms with van der Waals surface area (Å²) >= 11 is 5.82. The zero-order valence-electron chi connectivity index (χ0n) is 10.4. The molecule has 0 spiro atoms. The Morgan fingerprint density at radius 2 is 2.18 bits per heavy atom. The Balaban J connectivity index is 2.71. The van der Waals surface area contributed by atoms with E-state index in [4.69, 9.17) is 22.1 Å². The summed E-state index contributed by atoms with van der Waals surface area (Å²) < 4.78 is 5.42. The minimum absolute atomic E-state index is 0.166. The van der Waals surface area contributed by atoms with Crippen LogP contribution in [-0.4, -0.2) is 29.2 Å². The van der Waals surface area contributed by atoms with Gasteiger partial charge in [0.15, 0.2) is 0 Å². The number of nitrogen functional groups attached to an aromatic ring is 1. The van der Waals surface area contributed by atoms with Gasteiger partial charge >= 0.3 is 0 Å². The third-order valence-corrected chi connectivity index (χ3v) is 2.55. The molecule has 1 aromatic rings. The molecular formula is C11H19ClN4O. The Bertz CT molecular complexity index is 339. The second kappa shape index (κ2) is 6.61. The molecule has 1 rings (SSSR count). The first kappa shape index (κ1) is 14.0. The normalized spacial score (nSPS) is 12.8. The third-order valence-electron chi connectivity index (χ3n) is 2.35. The molecule has 6 heteroatoms. The van der Waals surface area contributed by atoms with E-state index in [1.165, 1.54) is 0 Å². The fourth-order valence-electron chi connectivity index (χ4n) is 1.34. The van der Waals surface area contributed by atoms with Crippen molar-refractivity contribution in [2.75, 3.05) is 24.3 Å². The van der Waals surface area contributed by atoms with Crippen molar-refractivity contribution in [2.45, 2.75) is 26.8 Å². The predicted molar refractivity (Wildman–Crippen MR) is 70.2 cm³/mol. The zero-order chi connectivity index (χ0) is 12.8. The van der Waals surface area contributed by atoms with Gasteiger partial charge in [-0.3, -0.25) is 0 Å². The maximum absolute atomic E-state index is 5.82. The molecule has 0 fully saturated rings. The van der Waals surface area contributed by atoms with Gasteiger partial charge in [0.1, 0.15) is 11.0 Å². The summed E-state index contributed by atoms with van der Waals surface area (Å²) in [6.07, 6.45) is 0. The van der Waals surface area contributed by atoms with E-state index in [1.54, 1.807) is 6.07 Å². The molecular weight excluding hydrogens is 240 g/mol. The summed E-state index contributed by atoms with van der Waals surface area (Å²) in [5.41, 5.74) is 5.53. The summed E-state index contributed by atoms with van der Waals surface area (Å²) in [5, 5.41) is 3.59. The minimum atomic E-state index is 0.166. The van der Waals surface area contributed by atoms with Crippen LogP contribution in [0, 0.1) is 5.92 Å². The molecule has 5 nitrogen and oxygen atoms in total. The van der Waals surface area contributed by atoms with Crippen LogP contribution in [0.1, 0.15) is 20.8 Å². The first-order valence-corrected chi connectivity index (χ1v) is 6.05. The SMILES string of the molecule is CCOCC(Nc1cc(Cl)nc(N)n1)C(C)C. The molecule has 1 aromatic heterocycles. The van der Waals surface area contributed by atoms with Gasteiger partial charge in [0.05, 0.1) is 12.6 Å². The summed E-state index contributed by atoms with van der Waals surface area (Å²) in [7, 11) is 0. The smallest absolute Gasteiger partial charge is 0.223 e. The largest absolute Gasteiger partial charge is 0.380 e. The molecule has 0 aliphatic rings.